The number of hydroxylamine groups is 1. The fourth-order valence-corrected chi connectivity index (χ4v) is 2.10. The lowest BCUT2D eigenvalue weighted by molar-refractivity contribution is -0.204. The van der Waals surface area contributed by atoms with Gasteiger partial charge in [-0.2, -0.15) is 13.2 Å². The van der Waals surface area contributed by atoms with E-state index in [0.717, 1.165) is 0 Å². The highest BCUT2D eigenvalue weighted by molar-refractivity contribution is 5.88. The molecule has 0 bridgehead atoms. The van der Waals surface area contributed by atoms with Crippen molar-refractivity contribution in [1.82, 2.24) is 5.48 Å². The number of halogens is 3. The van der Waals surface area contributed by atoms with Crippen LogP contribution in [0.15, 0.2) is 0 Å². The molecule has 2 atom stereocenters. The minimum Gasteiger partial charge on any atom is -0.378 e. The summed E-state index contributed by atoms with van der Waals surface area (Å²) in [5, 5.41) is 0. The molecule has 0 saturated heterocycles. The van der Waals surface area contributed by atoms with Crippen LogP contribution in [-0.2, 0) is 14.4 Å². The van der Waals surface area contributed by atoms with Crippen LogP contribution in [0.4, 0.5) is 13.2 Å². The zero-order valence-corrected chi connectivity index (χ0v) is 11.1. The van der Waals surface area contributed by atoms with Crippen LogP contribution < -0.4 is 11.2 Å². The molecule has 1 fully saturated rings. The summed E-state index contributed by atoms with van der Waals surface area (Å²) < 4.78 is 41.1. The molecule has 0 aromatic heterocycles. The van der Waals surface area contributed by atoms with E-state index in [0.29, 0.717) is 6.61 Å². The van der Waals surface area contributed by atoms with Gasteiger partial charge < -0.3 is 10.5 Å². The molecule has 1 saturated carbocycles. The van der Waals surface area contributed by atoms with Crippen molar-refractivity contribution in [2.24, 2.45) is 11.1 Å². The molecule has 1 aliphatic rings. The topological polar surface area (TPSA) is 73.6 Å². The van der Waals surface area contributed by atoms with E-state index >= 15 is 0 Å². The summed E-state index contributed by atoms with van der Waals surface area (Å²) in [6.45, 7) is 4.22. The van der Waals surface area contributed by atoms with Crippen molar-refractivity contribution in [1.29, 1.82) is 0 Å². The number of nitrogens with two attached hydrogens (primary N) is 1. The Morgan fingerprint density at radius 2 is 2.05 bits per heavy atom. The van der Waals surface area contributed by atoms with Gasteiger partial charge in [0.05, 0.1) is 6.10 Å². The normalized spacial score (nSPS) is 29.7. The summed E-state index contributed by atoms with van der Waals surface area (Å²) in [6.07, 6.45) is -4.46. The monoisotopic (exact) mass is 284 g/mol. The van der Waals surface area contributed by atoms with Gasteiger partial charge in [-0.15, -0.1) is 0 Å². The van der Waals surface area contributed by atoms with Gasteiger partial charge in [0.1, 0.15) is 5.54 Å². The number of hydrogen-bond donors (Lipinski definition) is 2. The predicted octanol–water partition coefficient (Wildman–Crippen LogP) is 1.13. The number of amides is 1. The maximum absolute atomic E-state index is 11.9. The van der Waals surface area contributed by atoms with Crippen molar-refractivity contribution in [3.05, 3.63) is 0 Å². The fourth-order valence-electron chi connectivity index (χ4n) is 2.10. The van der Waals surface area contributed by atoms with E-state index in [9.17, 15) is 18.0 Å². The largest absolute Gasteiger partial charge is 0.414 e. The molecule has 0 aromatic rings. The van der Waals surface area contributed by atoms with Gasteiger partial charge in [-0.25, -0.2) is 5.48 Å². The summed E-state index contributed by atoms with van der Waals surface area (Å²) >= 11 is 0. The average Bonchev–Trinajstić information content (AvgIpc) is 2.26. The molecule has 0 radical (unpaired) electrons. The van der Waals surface area contributed by atoms with E-state index < -0.39 is 29.6 Å². The summed E-state index contributed by atoms with van der Waals surface area (Å²) in [5.41, 5.74) is 5.74. The molecule has 5 nitrogen and oxygen atoms in total. The Kier molecular flexibility index (Phi) is 4.48. The van der Waals surface area contributed by atoms with Crippen LogP contribution in [0, 0.1) is 5.41 Å². The molecule has 0 aliphatic heterocycles. The zero-order chi connectivity index (χ0) is 14.9. The zero-order valence-electron chi connectivity index (χ0n) is 11.1. The third kappa shape index (κ3) is 3.18. The average molecular weight is 284 g/mol. The highest BCUT2D eigenvalue weighted by Crippen LogP contribution is 2.49. The molecular formula is C11H19F3N2O3. The first-order chi connectivity index (χ1) is 8.54. The number of rotatable bonds is 5. The summed E-state index contributed by atoms with van der Waals surface area (Å²) in [5.74, 6) is -0.766. The van der Waals surface area contributed by atoms with Crippen LogP contribution in [-0.4, -0.2) is 36.9 Å². The number of carbonyl (C=O) groups excluding carboxylic acids is 1. The lowest BCUT2D eigenvalue weighted by Crippen LogP contribution is -2.75. The van der Waals surface area contributed by atoms with Crippen LogP contribution in [0.3, 0.4) is 0 Å². The summed E-state index contributed by atoms with van der Waals surface area (Å²) in [7, 11) is 0. The Bertz CT molecular complexity index is 347. The van der Waals surface area contributed by atoms with Crippen molar-refractivity contribution in [3.8, 4) is 0 Å². The molecule has 1 aliphatic carbocycles. The Morgan fingerprint density at radius 3 is 2.47 bits per heavy atom. The molecule has 3 N–H and O–H groups in total. The fraction of sp³-hybridized carbons (Fsp3) is 0.909. The molecule has 1 rings (SSSR count). The highest BCUT2D eigenvalue weighted by Gasteiger charge is 2.63. The van der Waals surface area contributed by atoms with Crippen molar-refractivity contribution >= 4 is 5.91 Å². The standard InChI is InChI=1S/C11H19F3N2O3/c1-4-18-7-5-10(15,9(7,2)3)8(17)16-19-6-11(12,13)14/h7H,4-6,15H2,1-3H3,(H,16,17). The van der Waals surface area contributed by atoms with Gasteiger partial charge in [-0.3, -0.25) is 9.63 Å². The molecule has 8 heteroatoms. The molecule has 0 heterocycles. The van der Waals surface area contributed by atoms with Gasteiger partial charge >= 0.3 is 6.18 Å². The summed E-state index contributed by atoms with van der Waals surface area (Å²) in [4.78, 5) is 15.9. The quantitative estimate of drug-likeness (QED) is 0.742. The molecule has 112 valence electrons. The first kappa shape index (κ1) is 16.2. The third-order valence-corrected chi connectivity index (χ3v) is 3.64. The van der Waals surface area contributed by atoms with E-state index in [-0.39, 0.29) is 12.5 Å². The van der Waals surface area contributed by atoms with E-state index in [1.54, 1.807) is 19.3 Å². The van der Waals surface area contributed by atoms with Crippen molar-refractivity contribution in [2.75, 3.05) is 13.2 Å². The Balaban J connectivity index is 2.53. The SMILES string of the molecule is CCOC1CC(N)(C(=O)NOCC(F)(F)F)C1(C)C. The van der Waals surface area contributed by atoms with Crippen molar-refractivity contribution < 1.29 is 27.5 Å². The molecule has 0 spiro atoms. The maximum atomic E-state index is 11.9. The first-order valence-corrected chi connectivity index (χ1v) is 5.94. The second-order valence-corrected chi connectivity index (χ2v) is 5.18. The van der Waals surface area contributed by atoms with Gasteiger partial charge in [-0.1, -0.05) is 13.8 Å². The lowest BCUT2D eigenvalue weighted by Gasteiger charge is -2.57. The minimum atomic E-state index is -4.50. The number of nitrogens with one attached hydrogen (secondary N) is 1. The Labute approximate surface area is 109 Å². The van der Waals surface area contributed by atoms with Gasteiger partial charge in [0, 0.05) is 18.4 Å². The lowest BCUT2D eigenvalue weighted by atomic mass is 9.54. The van der Waals surface area contributed by atoms with Gasteiger partial charge in [0.25, 0.3) is 5.91 Å². The summed E-state index contributed by atoms with van der Waals surface area (Å²) in [6, 6.07) is 0. The number of alkyl halides is 3. The van der Waals surface area contributed by atoms with Crippen LogP contribution in [0.2, 0.25) is 0 Å². The van der Waals surface area contributed by atoms with Crippen LogP contribution in [0.1, 0.15) is 27.2 Å². The number of carbonyl (C=O) groups is 1. The van der Waals surface area contributed by atoms with Crippen molar-refractivity contribution in [3.63, 3.8) is 0 Å². The number of ether oxygens (including phenoxy) is 1. The van der Waals surface area contributed by atoms with E-state index in [1.807, 2.05) is 6.92 Å². The molecular weight excluding hydrogens is 265 g/mol. The second-order valence-electron chi connectivity index (χ2n) is 5.18. The van der Waals surface area contributed by atoms with Gasteiger partial charge in [0.2, 0.25) is 0 Å². The Morgan fingerprint density at radius 1 is 1.47 bits per heavy atom. The van der Waals surface area contributed by atoms with Crippen LogP contribution in [0.5, 0.6) is 0 Å². The van der Waals surface area contributed by atoms with E-state index in [1.165, 1.54) is 0 Å². The van der Waals surface area contributed by atoms with E-state index in [4.69, 9.17) is 10.5 Å². The molecule has 2 unspecified atom stereocenters. The number of hydrogen-bond acceptors (Lipinski definition) is 4. The van der Waals surface area contributed by atoms with Gasteiger partial charge in [0.15, 0.2) is 6.61 Å². The highest BCUT2D eigenvalue weighted by atomic mass is 19.4. The van der Waals surface area contributed by atoms with Crippen LogP contribution in [0.25, 0.3) is 0 Å². The van der Waals surface area contributed by atoms with Crippen molar-refractivity contribution in [2.45, 2.75) is 45.0 Å². The maximum Gasteiger partial charge on any atom is 0.414 e. The second kappa shape index (κ2) is 5.26. The first-order valence-electron chi connectivity index (χ1n) is 5.94. The minimum absolute atomic E-state index is 0.198. The van der Waals surface area contributed by atoms with Gasteiger partial charge in [-0.05, 0) is 6.92 Å². The smallest absolute Gasteiger partial charge is 0.378 e. The molecule has 19 heavy (non-hydrogen) atoms. The Hall–Kier alpha value is -0.860. The van der Waals surface area contributed by atoms with Crippen LogP contribution >= 0.6 is 0 Å². The molecule has 0 aromatic carbocycles. The molecule has 1 amide bonds. The predicted molar refractivity (Wildman–Crippen MR) is 60.9 cm³/mol. The third-order valence-electron chi connectivity index (χ3n) is 3.64. The van der Waals surface area contributed by atoms with E-state index in [2.05, 4.69) is 4.84 Å².